The van der Waals surface area contributed by atoms with Crippen molar-refractivity contribution in [3.63, 3.8) is 0 Å². The Morgan fingerprint density at radius 1 is 1.22 bits per heavy atom. The maximum absolute atomic E-state index is 2.08. The van der Waals surface area contributed by atoms with Crippen LogP contribution >= 0.6 is 0 Å². The van der Waals surface area contributed by atoms with E-state index in [1.807, 2.05) is 24.0 Å². The van der Waals surface area contributed by atoms with Crippen LogP contribution in [-0.4, -0.2) is 0 Å². The van der Waals surface area contributed by atoms with Gasteiger partial charge in [0.25, 0.3) is 0 Å². The molecule has 9 heavy (non-hydrogen) atoms. The van der Waals surface area contributed by atoms with Crippen molar-refractivity contribution in [3.05, 3.63) is 30.1 Å². The minimum atomic E-state index is 0. The summed E-state index contributed by atoms with van der Waals surface area (Å²) in [6, 6.07) is 4.17. The van der Waals surface area contributed by atoms with Gasteiger partial charge in [-0.05, 0) is 12.5 Å². The van der Waals surface area contributed by atoms with E-state index >= 15 is 0 Å². The van der Waals surface area contributed by atoms with E-state index in [4.69, 9.17) is 0 Å². The third-order valence-corrected chi connectivity index (χ3v) is 1.15. The summed E-state index contributed by atoms with van der Waals surface area (Å²) < 4.78 is 2.02. The van der Waals surface area contributed by atoms with Crippen molar-refractivity contribution in [1.29, 1.82) is 0 Å². The molecule has 0 bridgehead atoms. The molecule has 0 aliphatic carbocycles. The molecule has 45 valence electrons. The maximum Gasteiger partial charge on any atom is 0.168 e. The van der Waals surface area contributed by atoms with Crippen LogP contribution in [0.25, 0.3) is 0 Å². The predicted molar refractivity (Wildman–Crippen MR) is 32.4 cm³/mol. The summed E-state index contributed by atoms with van der Waals surface area (Å²) in [5, 5.41) is 0. The molecule has 0 atom stereocenters. The van der Waals surface area contributed by atoms with Crippen molar-refractivity contribution in [2.45, 2.75) is 6.92 Å². The number of aryl methyl sites for hydroxylation is 2. The van der Waals surface area contributed by atoms with Crippen LogP contribution < -0.4 is 4.57 Å². The standard InChI is InChI=1S/C7H10N.Y/c1-7-3-5-8(2)6-4-7;/h3-6H,1-2H3;/q+1;. The van der Waals surface area contributed by atoms with Gasteiger partial charge in [-0.3, -0.25) is 0 Å². The fraction of sp³-hybridized carbons (Fsp3) is 0.286. The molecule has 1 nitrogen and oxygen atoms in total. The first-order valence-corrected chi connectivity index (χ1v) is 2.71. The van der Waals surface area contributed by atoms with Gasteiger partial charge >= 0.3 is 0 Å². The summed E-state index contributed by atoms with van der Waals surface area (Å²) >= 11 is 0. The van der Waals surface area contributed by atoms with Gasteiger partial charge in [-0.15, -0.1) is 0 Å². The Hall–Kier alpha value is 0.254. The first-order valence-electron chi connectivity index (χ1n) is 2.71. The Balaban J connectivity index is 0.000000640. The number of pyridine rings is 1. The molecule has 0 saturated heterocycles. The molecule has 1 rings (SSSR count). The SMILES string of the molecule is Cc1cc[n+](C)cc1.[Y]. The van der Waals surface area contributed by atoms with Crippen molar-refractivity contribution >= 4 is 0 Å². The van der Waals surface area contributed by atoms with Gasteiger partial charge < -0.3 is 0 Å². The predicted octanol–water partition coefficient (Wildman–Crippen LogP) is 0.817. The summed E-state index contributed by atoms with van der Waals surface area (Å²) in [5.41, 5.74) is 1.31. The van der Waals surface area contributed by atoms with Crippen molar-refractivity contribution in [3.8, 4) is 0 Å². The molecule has 0 aromatic carbocycles. The third kappa shape index (κ3) is 3.07. The van der Waals surface area contributed by atoms with Gasteiger partial charge in [-0.25, -0.2) is 4.57 Å². The molecular weight excluding hydrogens is 187 g/mol. The molecule has 0 spiro atoms. The average molecular weight is 197 g/mol. The van der Waals surface area contributed by atoms with Crippen LogP contribution in [0.2, 0.25) is 0 Å². The largest absolute Gasteiger partial charge is 0.208 e. The zero-order chi connectivity index (χ0) is 5.98. The van der Waals surface area contributed by atoms with E-state index in [1.165, 1.54) is 5.56 Å². The Morgan fingerprint density at radius 2 is 1.67 bits per heavy atom. The Morgan fingerprint density at radius 3 is 2.00 bits per heavy atom. The Kier molecular flexibility index (Phi) is 4.25. The van der Waals surface area contributed by atoms with Crippen LogP contribution in [0.1, 0.15) is 5.56 Å². The normalized spacial score (nSPS) is 8.22. The summed E-state index contributed by atoms with van der Waals surface area (Å²) in [4.78, 5) is 0. The number of nitrogens with zero attached hydrogens (tertiary/aromatic N) is 1. The van der Waals surface area contributed by atoms with Crippen LogP contribution in [0, 0.1) is 6.92 Å². The molecule has 0 unspecified atom stereocenters. The van der Waals surface area contributed by atoms with Gasteiger partial charge in [0, 0.05) is 44.8 Å². The fourth-order valence-corrected chi connectivity index (χ4v) is 0.576. The zero-order valence-electron chi connectivity index (χ0n) is 5.83. The molecule has 1 aromatic heterocycles. The van der Waals surface area contributed by atoms with Gasteiger partial charge in [0.1, 0.15) is 7.05 Å². The van der Waals surface area contributed by atoms with Gasteiger partial charge in [-0.2, -0.15) is 0 Å². The molecule has 0 N–H and O–H groups in total. The second-order valence-electron chi connectivity index (χ2n) is 2.04. The number of rotatable bonds is 0. The average Bonchev–Trinajstić information content (AvgIpc) is 1.77. The van der Waals surface area contributed by atoms with Crippen molar-refractivity contribution < 1.29 is 37.3 Å². The number of hydrogen-bond donors (Lipinski definition) is 0. The van der Waals surface area contributed by atoms with E-state index in [9.17, 15) is 0 Å². The van der Waals surface area contributed by atoms with Crippen molar-refractivity contribution in [2.75, 3.05) is 0 Å². The Labute approximate surface area is 81.0 Å². The smallest absolute Gasteiger partial charge is 0.168 e. The topological polar surface area (TPSA) is 3.88 Å². The van der Waals surface area contributed by atoms with E-state index < -0.39 is 0 Å². The molecule has 0 amide bonds. The summed E-state index contributed by atoms with van der Waals surface area (Å²) in [5.74, 6) is 0. The van der Waals surface area contributed by atoms with E-state index in [0.717, 1.165) is 0 Å². The minimum absolute atomic E-state index is 0. The molecule has 0 saturated carbocycles. The monoisotopic (exact) mass is 197 g/mol. The van der Waals surface area contributed by atoms with Crippen LogP contribution in [0.3, 0.4) is 0 Å². The first kappa shape index (κ1) is 9.25. The van der Waals surface area contributed by atoms with Crippen LogP contribution in [0.15, 0.2) is 24.5 Å². The van der Waals surface area contributed by atoms with E-state index in [2.05, 4.69) is 19.1 Å². The van der Waals surface area contributed by atoms with Crippen LogP contribution in [-0.2, 0) is 39.8 Å². The van der Waals surface area contributed by atoms with Crippen LogP contribution in [0.4, 0.5) is 0 Å². The summed E-state index contributed by atoms with van der Waals surface area (Å²) in [6.07, 6.45) is 4.07. The van der Waals surface area contributed by atoms with E-state index in [1.54, 1.807) is 0 Å². The quantitative estimate of drug-likeness (QED) is 0.542. The zero-order valence-corrected chi connectivity index (χ0v) is 8.67. The molecule has 1 heterocycles. The number of aromatic nitrogens is 1. The molecule has 2 heteroatoms. The third-order valence-electron chi connectivity index (χ3n) is 1.15. The van der Waals surface area contributed by atoms with Gasteiger partial charge in [0.15, 0.2) is 12.4 Å². The van der Waals surface area contributed by atoms with Gasteiger partial charge in [0.05, 0.1) is 0 Å². The minimum Gasteiger partial charge on any atom is -0.208 e. The van der Waals surface area contributed by atoms with Gasteiger partial charge in [-0.1, -0.05) is 0 Å². The Bertz CT molecular complexity index is 148. The fourth-order valence-electron chi connectivity index (χ4n) is 0.576. The van der Waals surface area contributed by atoms with Gasteiger partial charge in [0.2, 0.25) is 0 Å². The molecule has 0 aliphatic heterocycles. The first-order chi connectivity index (χ1) is 3.79. The summed E-state index contributed by atoms with van der Waals surface area (Å²) in [7, 11) is 2.01. The molecule has 0 fully saturated rings. The molecular formula is C7H10NY+. The molecule has 0 aliphatic rings. The second-order valence-corrected chi connectivity index (χ2v) is 2.04. The van der Waals surface area contributed by atoms with E-state index in [0.29, 0.717) is 0 Å². The maximum atomic E-state index is 2.08. The van der Waals surface area contributed by atoms with E-state index in [-0.39, 0.29) is 32.7 Å². The second kappa shape index (κ2) is 4.13. The summed E-state index contributed by atoms with van der Waals surface area (Å²) in [6.45, 7) is 2.08. The van der Waals surface area contributed by atoms with Crippen LogP contribution in [0.5, 0.6) is 0 Å². The number of hydrogen-bond acceptors (Lipinski definition) is 0. The van der Waals surface area contributed by atoms with Crippen molar-refractivity contribution in [1.82, 2.24) is 0 Å². The van der Waals surface area contributed by atoms with Crippen molar-refractivity contribution in [2.24, 2.45) is 7.05 Å². The molecule has 1 aromatic rings. The molecule has 1 radical (unpaired) electrons.